The highest BCUT2D eigenvalue weighted by molar-refractivity contribution is 7.99. The van der Waals surface area contributed by atoms with Crippen LogP contribution in [0.5, 0.6) is 0 Å². The Hall–Kier alpha value is -3.42. The summed E-state index contributed by atoms with van der Waals surface area (Å²) < 4.78 is 2.02. The maximum absolute atomic E-state index is 12.9. The summed E-state index contributed by atoms with van der Waals surface area (Å²) in [5.74, 6) is 1.04. The number of carbonyl (C=O) groups excluding carboxylic acids is 1. The third-order valence-electron chi connectivity index (χ3n) is 6.27. The predicted molar refractivity (Wildman–Crippen MR) is 141 cm³/mol. The van der Waals surface area contributed by atoms with E-state index in [-0.39, 0.29) is 17.7 Å². The van der Waals surface area contributed by atoms with Gasteiger partial charge in [-0.2, -0.15) is 0 Å². The summed E-state index contributed by atoms with van der Waals surface area (Å²) >= 11 is 1.41. The molecule has 1 aliphatic rings. The van der Waals surface area contributed by atoms with Crippen molar-refractivity contribution in [2.45, 2.75) is 24.0 Å². The summed E-state index contributed by atoms with van der Waals surface area (Å²) in [6.07, 6.45) is 2.43. The predicted octanol–water partition coefficient (Wildman–Crippen LogP) is 4.98. The first-order chi connectivity index (χ1) is 17.3. The highest BCUT2D eigenvalue weighted by atomic mass is 32.2. The summed E-state index contributed by atoms with van der Waals surface area (Å²) in [7, 11) is 0. The Bertz CT molecular complexity index is 1220. The minimum atomic E-state index is -0.000925. The molecule has 0 saturated carbocycles. The fourth-order valence-electron chi connectivity index (χ4n) is 4.53. The molecule has 0 aliphatic carbocycles. The lowest BCUT2D eigenvalue weighted by Gasteiger charge is -2.28. The van der Waals surface area contributed by atoms with Crippen LogP contribution in [0.15, 0.2) is 96.2 Å². The minimum absolute atomic E-state index is 0.000925. The van der Waals surface area contributed by atoms with Crippen molar-refractivity contribution in [3.63, 3.8) is 0 Å². The lowest BCUT2D eigenvalue weighted by molar-refractivity contribution is -0.118. The van der Waals surface area contributed by atoms with Crippen LogP contribution in [0, 0.1) is 0 Å². The molecule has 35 heavy (non-hydrogen) atoms. The minimum Gasteiger partial charge on any atom is -0.353 e. The Morgan fingerprint density at radius 3 is 2.17 bits per heavy atom. The van der Waals surface area contributed by atoms with Crippen molar-refractivity contribution < 1.29 is 4.79 Å². The number of hydrogen-bond donors (Lipinski definition) is 1. The molecule has 3 aromatic carbocycles. The first-order valence-corrected chi connectivity index (χ1v) is 13.0. The van der Waals surface area contributed by atoms with Gasteiger partial charge in [0.25, 0.3) is 0 Å². The molecule has 7 heteroatoms. The van der Waals surface area contributed by atoms with Gasteiger partial charge in [-0.1, -0.05) is 90.6 Å². The molecule has 0 bridgehead atoms. The molecule has 2 heterocycles. The number of hydrogen-bond acceptors (Lipinski definition) is 5. The van der Waals surface area contributed by atoms with Gasteiger partial charge >= 0.3 is 0 Å². The van der Waals surface area contributed by atoms with Gasteiger partial charge in [0.2, 0.25) is 5.91 Å². The molecular weight excluding hydrogens is 454 g/mol. The zero-order valence-corrected chi connectivity index (χ0v) is 20.4. The van der Waals surface area contributed by atoms with Gasteiger partial charge in [-0.25, -0.2) is 0 Å². The van der Waals surface area contributed by atoms with E-state index in [0.29, 0.717) is 11.7 Å². The number of amides is 1. The second-order valence-corrected chi connectivity index (χ2v) is 9.55. The fraction of sp³-hybridized carbons (Fsp3) is 0.250. The lowest BCUT2D eigenvalue weighted by atomic mass is 10.1. The van der Waals surface area contributed by atoms with Crippen molar-refractivity contribution in [1.29, 1.82) is 0 Å². The Kier molecular flexibility index (Phi) is 7.56. The molecule has 1 aliphatic heterocycles. The molecule has 0 unspecified atom stereocenters. The van der Waals surface area contributed by atoms with Gasteiger partial charge in [-0.15, -0.1) is 10.2 Å². The molecule has 178 valence electrons. The van der Waals surface area contributed by atoms with Crippen molar-refractivity contribution in [3.05, 3.63) is 96.6 Å². The maximum atomic E-state index is 12.9. The molecule has 6 nitrogen and oxygen atoms in total. The number of benzene rings is 3. The van der Waals surface area contributed by atoms with Crippen LogP contribution in [0.25, 0.3) is 17.1 Å². The summed E-state index contributed by atoms with van der Waals surface area (Å²) in [5, 5.41) is 12.8. The maximum Gasteiger partial charge on any atom is 0.230 e. The van der Waals surface area contributed by atoms with Gasteiger partial charge in [0.05, 0.1) is 11.8 Å². The van der Waals surface area contributed by atoms with Crippen LogP contribution in [0.4, 0.5) is 0 Å². The van der Waals surface area contributed by atoms with Crippen LogP contribution >= 0.6 is 11.8 Å². The van der Waals surface area contributed by atoms with Crippen LogP contribution in [-0.2, 0) is 4.79 Å². The zero-order chi connectivity index (χ0) is 23.9. The van der Waals surface area contributed by atoms with E-state index in [1.54, 1.807) is 0 Å². The summed E-state index contributed by atoms with van der Waals surface area (Å²) in [5.41, 5.74) is 3.20. The summed E-state index contributed by atoms with van der Waals surface area (Å²) in [6, 6.07) is 30.7. The van der Waals surface area contributed by atoms with Crippen molar-refractivity contribution in [1.82, 2.24) is 25.0 Å². The van der Waals surface area contributed by atoms with E-state index in [4.69, 9.17) is 0 Å². The van der Waals surface area contributed by atoms with Gasteiger partial charge in [-0.05, 0) is 43.6 Å². The molecule has 1 amide bonds. The second-order valence-electron chi connectivity index (χ2n) is 8.61. The van der Waals surface area contributed by atoms with E-state index in [1.807, 2.05) is 71.3 Å². The van der Waals surface area contributed by atoms with E-state index in [0.717, 1.165) is 30.2 Å². The van der Waals surface area contributed by atoms with Crippen molar-refractivity contribution in [2.75, 3.05) is 25.4 Å². The smallest absolute Gasteiger partial charge is 0.230 e. The number of nitrogens with zero attached hydrogens (tertiary/aromatic N) is 4. The van der Waals surface area contributed by atoms with E-state index >= 15 is 0 Å². The molecule has 0 spiro atoms. The standard InChI is InChI=1S/C28H29N5OS/c34-26(29-20-25(32-18-10-11-19-32)22-12-4-1-5-13-22)21-35-28-31-30-27(23-14-6-2-7-15-23)33(28)24-16-8-3-9-17-24/h1-9,12-17,25H,10-11,18-21H2,(H,29,34)/t25-/m0/s1. The van der Waals surface area contributed by atoms with Crippen LogP contribution in [-0.4, -0.2) is 51.0 Å². The van der Waals surface area contributed by atoms with E-state index in [9.17, 15) is 4.79 Å². The Morgan fingerprint density at radius 2 is 1.49 bits per heavy atom. The number of thioether (sulfide) groups is 1. The quantitative estimate of drug-likeness (QED) is 0.340. The lowest BCUT2D eigenvalue weighted by Crippen LogP contribution is -2.37. The number of carbonyl (C=O) groups is 1. The second kappa shape index (κ2) is 11.3. The molecule has 4 aromatic rings. The van der Waals surface area contributed by atoms with Crippen molar-refractivity contribution in [2.24, 2.45) is 0 Å². The average Bonchev–Trinajstić information content (AvgIpc) is 3.60. The van der Waals surface area contributed by atoms with Crippen LogP contribution in [0.1, 0.15) is 24.4 Å². The molecule has 1 atom stereocenters. The highest BCUT2D eigenvalue weighted by Gasteiger charge is 2.24. The van der Waals surface area contributed by atoms with Crippen LogP contribution in [0.2, 0.25) is 0 Å². The number of para-hydroxylation sites is 1. The number of nitrogens with one attached hydrogen (secondary N) is 1. The molecule has 1 N–H and O–H groups in total. The SMILES string of the molecule is O=C(CSc1nnc(-c2ccccc2)n1-c1ccccc1)NC[C@@H](c1ccccc1)N1CCCC1. The number of rotatable bonds is 9. The van der Waals surface area contributed by atoms with Crippen molar-refractivity contribution in [3.8, 4) is 17.1 Å². The molecule has 0 radical (unpaired) electrons. The largest absolute Gasteiger partial charge is 0.353 e. The average molecular weight is 484 g/mol. The van der Waals surface area contributed by atoms with Gasteiger partial charge in [0, 0.05) is 17.8 Å². The fourth-order valence-corrected chi connectivity index (χ4v) is 5.31. The van der Waals surface area contributed by atoms with E-state index in [2.05, 4.69) is 44.7 Å². The normalized spacial score (nSPS) is 14.6. The van der Waals surface area contributed by atoms with Gasteiger partial charge in [0.1, 0.15) is 0 Å². The first-order valence-electron chi connectivity index (χ1n) is 12.0. The van der Waals surface area contributed by atoms with E-state index < -0.39 is 0 Å². The topological polar surface area (TPSA) is 63.1 Å². The summed E-state index contributed by atoms with van der Waals surface area (Å²) in [6.45, 7) is 2.75. The van der Waals surface area contributed by atoms with Crippen LogP contribution in [0.3, 0.4) is 0 Å². The van der Waals surface area contributed by atoms with Gasteiger partial charge < -0.3 is 5.32 Å². The molecular formula is C28H29N5OS. The van der Waals surface area contributed by atoms with Gasteiger partial charge in [-0.3, -0.25) is 14.3 Å². The molecule has 1 saturated heterocycles. The Labute approximate surface area is 210 Å². The third-order valence-corrected chi connectivity index (χ3v) is 7.20. The van der Waals surface area contributed by atoms with Crippen LogP contribution < -0.4 is 5.32 Å². The Balaban J connectivity index is 1.29. The van der Waals surface area contributed by atoms with Gasteiger partial charge in [0.15, 0.2) is 11.0 Å². The first kappa shape index (κ1) is 23.3. The van der Waals surface area contributed by atoms with E-state index in [1.165, 1.54) is 30.2 Å². The highest BCUT2D eigenvalue weighted by Crippen LogP contribution is 2.28. The molecule has 5 rings (SSSR count). The number of likely N-dealkylation sites (tertiary alicyclic amines) is 1. The Morgan fingerprint density at radius 1 is 0.857 bits per heavy atom. The van der Waals surface area contributed by atoms with Crippen molar-refractivity contribution >= 4 is 17.7 Å². The number of aromatic nitrogens is 3. The molecule has 1 aromatic heterocycles. The third kappa shape index (κ3) is 5.63. The zero-order valence-electron chi connectivity index (χ0n) is 19.6. The summed E-state index contributed by atoms with van der Waals surface area (Å²) in [4.78, 5) is 15.4. The monoisotopic (exact) mass is 483 g/mol. The molecule has 1 fully saturated rings.